The molecule has 0 bridgehead atoms. The number of hydrogen-bond acceptors (Lipinski definition) is 2. The number of urea groups is 1. The standard InChI is InChI=1S/C17H24FN3O2/c1-3-8-19-17(23)21-9-4-5-13(11-21)16(22)20-14-7-6-12(2)15(18)10-14/h6-7,10,13H,3-5,8-9,11H2,1-2H3,(H,19,23)(H,20,22). The predicted molar refractivity (Wildman–Crippen MR) is 87.8 cm³/mol. The Morgan fingerprint density at radius 2 is 2.17 bits per heavy atom. The van der Waals surface area contributed by atoms with Gasteiger partial charge >= 0.3 is 6.03 Å². The average Bonchev–Trinajstić information content (AvgIpc) is 2.56. The van der Waals surface area contributed by atoms with Crippen LogP contribution in [0.1, 0.15) is 31.7 Å². The van der Waals surface area contributed by atoms with Gasteiger partial charge in [0.05, 0.1) is 5.92 Å². The van der Waals surface area contributed by atoms with Crippen molar-refractivity contribution in [2.24, 2.45) is 5.92 Å². The van der Waals surface area contributed by atoms with E-state index in [1.165, 1.54) is 6.07 Å². The first-order valence-electron chi connectivity index (χ1n) is 8.11. The maximum atomic E-state index is 13.5. The number of benzene rings is 1. The lowest BCUT2D eigenvalue weighted by Gasteiger charge is -2.32. The van der Waals surface area contributed by atoms with Gasteiger partial charge in [0, 0.05) is 25.3 Å². The average molecular weight is 321 g/mol. The van der Waals surface area contributed by atoms with Crippen LogP contribution < -0.4 is 10.6 Å². The fourth-order valence-corrected chi connectivity index (χ4v) is 2.63. The zero-order chi connectivity index (χ0) is 16.8. The molecule has 2 N–H and O–H groups in total. The number of piperidine rings is 1. The minimum atomic E-state index is -0.341. The Morgan fingerprint density at radius 1 is 1.39 bits per heavy atom. The van der Waals surface area contributed by atoms with Crippen LogP contribution in [0.3, 0.4) is 0 Å². The summed E-state index contributed by atoms with van der Waals surface area (Å²) in [7, 11) is 0. The molecule has 0 spiro atoms. The van der Waals surface area contributed by atoms with Crippen molar-refractivity contribution in [3.05, 3.63) is 29.6 Å². The van der Waals surface area contributed by atoms with Crippen LogP contribution in [-0.4, -0.2) is 36.5 Å². The normalized spacial score (nSPS) is 17.7. The lowest BCUT2D eigenvalue weighted by molar-refractivity contribution is -0.121. The Balaban J connectivity index is 1.93. The summed E-state index contributed by atoms with van der Waals surface area (Å²) in [6.45, 7) is 5.37. The summed E-state index contributed by atoms with van der Waals surface area (Å²) in [4.78, 5) is 26.0. The molecule has 5 nitrogen and oxygen atoms in total. The molecule has 0 radical (unpaired) electrons. The number of nitrogens with one attached hydrogen (secondary N) is 2. The topological polar surface area (TPSA) is 61.4 Å². The van der Waals surface area contributed by atoms with Crippen molar-refractivity contribution in [2.75, 3.05) is 25.0 Å². The monoisotopic (exact) mass is 321 g/mol. The predicted octanol–water partition coefficient (Wildman–Crippen LogP) is 2.90. The molecule has 1 aliphatic rings. The number of carbonyl (C=O) groups is 2. The molecule has 23 heavy (non-hydrogen) atoms. The SMILES string of the molecule is CCCNC(=O)N1CCCC(C(=O)Nc2ccc(C)c(F)c2)C1. The van der Waals surface area contributed by atoms with E-state index in [2.05, 4.69) is 10.6 Å². The van der Waals surface area contributed by atoms with Crippen LogP contribution in [0.15, 0.2) is 18.2 Å². The highest BCUT2D eigenvalue weighted by Crippen LogP contribution is 2.20. The number of halogens is 1. The van der Waals surface area contributed by atoms with Gasteiger partial charge in [0.2, 0.25) is 5.91 Å². The van der Waals surface area contributed by atoms with Gasteiger partial charge in [-0.2, -0.15) is 0 Å². The molecule has 1 saturated heterocycles. The fourth-order valence-electron chi connectivity index (χ4n) is 2.63. The van der Waals surface area contributed by atoms with Gasteiger partial charge in [-0.25, -0.2) is 9.18 Å². The molecule has 1 aliphatic heterocycles. The van der Waals surface area contributed by atoms with Crippen LogP contribution >= 0.6 is 0 Å². The largest absolute Gasteiger partial charge is 0.338 e. The Labute approximate surface area is 136 Å². The molecule has 1 atom stereocenters. The minimum absolute atomic E-state index is 0.120. The van der Waals surface area contributed by atoms with E-state index >= 15 is 0 Å². The molecule has 0 aromatic heterocycles. The molecule has 126 valence electrons. The lowest BCUT2D eigenvalue weighted by Crippen LogP contribution is -2.48. The molecule has 0 saturated carbocycles. The van der Waals surface area contributed by atoms with Gasteiger partial charge < -0.3 is 15.5 Å². The molecular weight excluding hydrogens is 297 g/mol. The summed E-state index contributed by atoms with van der Waals surface area (Å²) in [5, 5.41) is 5.58. The van der Waals surface area contributed by atoms with Gasteiger partial charge in [-0.05, 0) is 43.9 Å². The number of amides is 3. The summed E-state index contributed by atoms with van der Waals surface area (Å²) >= 11 is 0. The van der Waals surface area contributed by atoms with E-state index in [9.17, 15) is 14.0 Å². The van der Waals surface area contributed by atoms with Gasteiger partial charge in [-0.15, -0.1) is 0 Å². The number of aryl methyl sites for hydroxylation is 1. The maximum Gasteiger partial charge on any atom is 0.317 e. The third kappa shape index (κ3) is 4.68. The van der Waals surface area contributed by atoms with Crippen molar-refractivity contribution >= 4 is 17.6 Å². The highest BCUT2D eigenvalue weighted by Gasteiger charge is 2.28. The Kier molecular flexibility index (Phi) is 5.96. The van der Waals surface area contributed by atoms with Crippen LogP contribution in [0.4, 0.5) is 14.9 Å². The first-order chi connectivity index (χ1) is 11.0. The molecule has 0 aliphatic carbocycles. The van der Waals surface area contributed by atoms with Gasteiger partial charge in [-0.1, -0.05) is 13.0 Å². The molecule has 6 heteroatoms. The quantitative estimate of drug-likeness (QED) is 0.896. The summed E-state index contributed by atoms with van der Waals surface area (Å²) in [5.41, 5.74) is 0.991. The molecule has 1 aromatic rings. The zero-order valence-corrected chi connectivity index (χ0v) is 13.7. The first kappa shape index (κ1) is 17.2. The molecule has 1 fully saturated rings. The second kappa shape index (κ2) is 7.94. The fraction of sp³-hybridized carbons (Fsp3) is 0.529. The van der Waals surface area contributed by atoms with Crippen molar-refractivity contribution in [3.8, 4) is 0 Å². The number of anilines is 1. The Morgan fingerprint density at radius 3 is 2.87 bits per heavy atom. The molecule has 1 unspecified atom stereocenters. The number of nitrogens with zero attached hydrogens (tertiary/aromatic N) is 1. The summed E-state index contributed by atoms with van der Waals surface area (Å²) in [6.07, 6.45) is 2.40. The highest BCUT2D eigenvalue weighted by atomic mass is 19.1. The summed E-state index contributed by atoms with van der Waals surface area (Å²) in [5.74, 6) is -0.770. The third-order valence-corrected chi connectivity index (χ3v) is 4.04. The van der Waals surface area contributed by atoms with Crippen LogP contribution in [0, 0.1) is 18.7 Å². The number of rotatable bonds is 4. The minimum Gasteiger partial charge on any atom is -0.338 e. The van der Waals surface area contributed by atoms with Crippen LogP contribution in [0.5, 0.6) is 0 Å². The van der Waals surface area contributed by atoms with Gasteiger partial charge in [-0.3, -0.25) is 4.79 Å². The summed E-state index contributed by atoms with van der Waals surface area (Å²) in [6, 6.07) is 4.52. The number of hydrogen-bond donors (Lipinski definition) is 2. The third-order valence-electron chi connectivity index (χ3n) is 4.04. The van der Waals surface area contributed by atoms with E-state index in [-0.39, 0.29) is 23.7 Å². The first-order valence-corrected chi connectivity index (χ1v) is 8.11. The van der Waals surface area contributed by atoms with Crippen LogP contribution in [0.2, 0.25) is 0 Å². The molecule has 2 rings (SSSR count). The van der Waals surface area contributed by atoms with E-state index in [4.69, 9.17) is 0 Å². The van der Waals surface area contributed by atoms with Gasteiger partial charge in [0.25, 0.3) is 0 Å². The Hall–Kier alpha value is -2.11. The Bertz CT molecular complexity index is 577. The van der Waals surface area contributed by atoms with E-state index in [1.54, 1.807) is 24.0 Å². The highest BCUT2D eigenvalue weighted by molar-refractivity contribution is 5.93. The molecular formula is C17H24FN3O2. The van der Waals surface area contributed by atoms with Crippen molar-refractivity contribution in [1.82, 2.24) is 10.2 Å². The molecule has 1 aromatic carbocycles. The van der Waals surface area contributed by atoms with Crippen molar-refractivity contribution in [1.29, 1.82) is 0 Å². The molecule has 3 amide bonds. The van der Waals surface area contributed by atoms with Crippen molar-refractivity contribution in [3.63, 3.8) is 0 Å². The van der Waals surface area contributed by atoms with Crippen molar-refractivity contribution in [2.45, 2.75) is 33.1 Å². The van der Waals surface area contributed by atoms with Crippen LogP contribution in [-0.2, 0) is 4.79 Å². The number of carbonyl (C=O) groups excluding carboxylic acids is 2. The summed E-state index contributed by atoms with van der Waals surface area (Å²) < 4.78 is 13.5. The van der Waals surface area contributed by atoms with Crippen LogP contribution in [0.25, 0.3) is 0 Å². The van der Waals surface area contributed by atoms with E-state index in [0.29, 0.717) is 30.9 Å². The molecule has 1 heterocycles. The van der Waals surface area contributed by atoms with E-state index in [1.807, 2.05) is 6.92 Å². The van der Waals surface area contributed by atoms with E-state index < -0.39 is 0 Å². The van der Waals surface area contributed by atoms with E-state index in [0.717, 1.165) is 19.3 Å². The second-order valence-corrected chi connectivity index (χ2v) is 5.97. The second-order valence-electron chi connectivity index (χ2n) is 5.97. The van der Waals surface area contributed by atoms with Gasteiger partial charge in [0.1, 0.15) is 5.82 Å². The smallest absolute Gasteiger partial charge is 0.317 e. The lowest BCUT2D eigenvalue weighted by atomic mass is 9.97. The number of likely N-dealkylation sites (tertiary alicyclic amines) is 1. The van der Waals surface area contributed by atoms with Gasteiger partial charge in [0.15, 0.2) is 0 Å². The van der Waals surface area contributed by atoms with Crippen molar-refractivity contribution < 1.29 is 14.0 Å². The maximum absolute atomic E-state index is 13.5. The zero-order valence-electron chi connectivity index (χ0n) is 13.7.